The lowest BCUT2D eigenvalue weighted by molar-refractivity contribution is -0.136. The Kier molecular flexibility index (Phi) is 6.35. The second-order valence-electron chi connectivity index (χ2n) is 8.26. The standard InChI is InChI=1S/C27H24BrN3O2/c28-22-16-14-21(15-17-22)25-29-26(33-30-25)23-13-7-8-18-31(23)27(32)24(19-9-3-1-4-10-19)20-11-5-2-6-12-20/h1-6,9-12,14-17,23-24H,7-8,13,18H2. The molecule has 0 saturated carbocycles. The molecule has 0 radical (unpaired) electrons. The van der Waals surface area contributed by atoms with E-state index in [1.165, 1.54) is 0 Å². The van der Waals surface area contributed by atoms with E-state index in [1.54, 1.807) is 0 Å². The van der Waals surface area contributed by atoms with Gasteiger partial charge in [0.25, 0.3) is 0 Å². The predicted molar refractivity (Wildman–Crippen MR) is 130 cm³/mol. The van der Waals surface area contributed by atoms with Crippen LogP contribution in [0.5, 0.6) is 0 Å². The van der Waals surface area contributed by atoms with Crippen LogP contribution in [0.2, 0.25) is 0 Å². The summed E-state index contributed by atoms with van der Waals surface area (Å²) in [5, 5.41) is 4.21. The van der Waals surface area contributed by atoms with Crippen LogP contribution in [0, 0.1) is 0 Å². The Morgan fingerprint density at radius 2 is 1.55 bits per heavy atom. The van der Waals surface area contributed by atoms with E-state index in [2.05, 4.69) is 26.1 Å². The molecule has 166 valence electrons. The highest BCUT2D eigenvalue weighted by Crippen LogP contribution is 2.36. The van der Waals surface area contributed by atoms with Gasteiger partial charge in [0.05, 0.1) is 5.92 Å². The normalized spacial score (nSPS) is 16.2. The number of carbonyl (C=O) groups is 1. The zero-order chi connectivity index (χ0) is 22.6. The largest absolute Gasteiger partial charge is 0.337 e. The van der Waals surface area contributed by atoms with Crippen LogP contribution in [0.15, 0.2) is 93.9 Å². The van der Waals surface area contributed by atoms with E-state index in [9.17, 15) is 4.79 Å². The summed E-state index contributed by atoms with van der Waals surface area (Å²) in [6, 6.07) is 27.5. The zero-order valence-corrected chi connectivity index (χ0v) is 19.7. The number of carbonyl (C=O) groups excluding carboxylic acids is 1. The van der Waals surface area contributed by atoms with E-state index >= 15 is 0 Å². The SMILES string of the molecule is O=C(C(c1ccccc1)c1ccccc1)N1CCCCC1c1nc(-c2ccc(Br)cc2)no1. The van der Waals surface area contributed by atoms with Crippen molar-refractivity contribution >= 4 is 21.8 Å². The molecule has 1 unspecified atom stereocenters. The highest BCUT2D eigenvalue weighted by molar-refractivity contribution is 9.10. The van der Waals surface area contributed by atoms with Crippen molar-refractivity contribution < 1.29 is 9.32 Å². The van der Waals surface area contributed by atoms with Crippen molar-refractivity contribution in [2.24, 2.45) is 0 Å². The predicted octanol–water partition coefficient (Wildman–Crippen LogP) is 6.38. The molecule has 0 spiro atoms. The average molecular weight is 502 g/mol. The molecular formula is C27H24BrN3O2. The van der Waals surface area contributed by atoms with Crippen molar-refractivity contribution in [1.82, 2.24) is 15.0 Å². The van der Waals surface area contributed by atoms with Crippen LogP contribution in [-0.2, 0) is 4.79 Å². The van der Waals surface area contributed by atoms with Gasteiger partial charge in [-0.15, -0.1) is 0 Å². The topological polar surface area (TPSA) is 59.2 Å². The number of rotatable bonds is 5. The maximum absolute atomic E-state index is 14.0. The number of amides is 1. The molecule has 1 aliphatic rings. The van der Waals surface area contributed by atoms with Crippen LogP contribution >= 0.6 is 15.9 Å². The van der Waals surface area contributed by atoms with Gasteiger partial charge in [0.2, 0.25) is 17.6 Å². The third-order valence-corrected chi connectivity index (χ3v) is 6.66. The van der Waals surface area contributed by atoms with Gasteiger partial charge in [-0.1, -0.05) is 81.8 Å². The number of piperidine rings is 1. The van der Waals surface area contributed by atoms with E-state index < -0.39 is 0 Å². The first kappa shape index (κ1) is 21.6. The molecule has 5 nitrogen and oxygen atoms in total. The van der Waals surface area contributed by atoms with Crippen molar-refractivity contribution in [1.29, 1.82) is 0 Å². The van der Waals surface area contributed by atoms with Gasteiger partial charge in [-0.3, -0.25) is 4.79 Å². The Balaban J connectivity index is 1.47. The van der Waals surface area contributed by atoms with E-state index in [0.717, 1.165) is 40.4 Å². The summed E-state index contributed by atoms with van der Waals surface area (Å²) in [6.45, 7) is 0.676. The summed E-state index contributed by atoms with van der Waals surface area (Å²) in [7, 11) is 0. The summed E-state index contributed by atoms with van der Waals surface area (Å²) in [5.41, 5.74) is 2.85. The van der Waals surface area contributed by atoms with Gasteiger partial charge in [0.1, 0.15) is 6.04 Å². The molecule has 4 aromatic rings. The Morgan fingerprint density at radius 3 is 2.18 bits per heavy atom. The minimum atomic E-state index is -0.373. The number of hydrogen-bond acceptors (Lipinski definition) is 4. The van der Waals surface area contributed by atoms with Gasteiger partial charge in [-0.2, -0.15) is 4.98 Å². The van der Waals surface area contributed by atoms with Crippen LogP contribution in [-0.4, -0.2) is 27.5 Å². The molecule has 1 aromatic heterocycles. The molecule has 5 rings (SSSR count). The summed E-state index contributed by atoms with van der Waals surface area (Å²) in [4.78, 5) is 20.6. The summed E-state index contributed by atoms with van der Waals surface area (Å²) in [5.74, 6) is 0.737. The van der Waals surface area contributed by atoms with Crippen molar-refractivity contribution in [2.75, 3.05) is 6.54 Å². The second-order valence-corrected chi connectivity index (χ2v) is 9.18. The first-order valence-electron chi connectivity index (χ1n) is 11.2. The molecule has 6 heteroatoms. The van der Waals surface area contributed by atoms with Gasteiger partial charge >= 0.3 is 0 Å². The summed E-state index contributed by atoms with van der Waals surface area (Å²) >= 11 is 3.45. The number of benzene rings is 3. The number of nitrogens with zero attached hydrogens (tertiary/aromatic N) is 3. The average Bonchev–Trinajstić information content (AvgIpc) is 3.36. The van der Waals surface area contributed by atoms with Crippen LogP contribution in [0.1, 0.15) is 48.2 Å². The minimum absolute atomic E-state index is 0.0699. The van der Waals surface area contributed by atoms with E-state index in [4.69, 9.17) is 4.52 Å². The second kappa shape index (κ2) is 9.71. The lowest BCUT2D eigenvalue weighted by Gasteiger charge is -2.36. The summed E-state index contributed by atoms with van der Waals surface area (Å²) in [6.07, 6.45) is 2.79. The minimum Gasteiger partial charge on any atom is -0.337 e. The molecule has 33 heavy (non-hydrogen) atoms. The quantitative estimate of drug-likeness (QED) is 0.318. The molecular weight excluding hydrogens is 478 g/mol. The first-order valence-corrected chi connectivity index (χ1v) is 12.0. The van der Waals surface area contributed by atoms with E-state index in [0.29, 0.717) is 18.3 Å². The fourth-order valence-corrected chi connectivity index (χ4v) is 4.74. The number of aromatic nitrogens is 2. The van der Waals surface area contributed by atoms with Gasteiger partial charge < -0.3 is 9.42 Å². The molecule has 0 N–H and O–H groups in total. The lowest BCUT2D eigenvalue weighted by Crippen LogP contribution is -2.41. The first-order chi connectivity index (χ1) is 16.2. The highest BCUT2D eigenvalue weighted by Gasteiger charge is 2.36. The number of likely N-dealkylation sites (tertiary alicyclic amines) is 1. The van der Waals surface area contributed by atoms with Crippen molar-refractivity contribution in [2.45, 2.75) is 31.2 Å². The molecule has 0 aliphatic carbocycles. The zero-order valence-electron chi connectivity index (χ0n) is 18.1. The molecule has 0 bridgehead atoms. The fraction of sp³-hybridized carbons (Fsp3) is 0.222. The Morgan fingerprint density at radius 1 is 0.909 bits per heavy atom. The Bertz CT molecular complexity index is 1170. The molecule has 1 atom stereocenters. The van der Waals surface area contributed by atoms with Gasteiger partial charge in [-0.05, 0) is 54.7 Å². The van der Waals surface area contributed by atoms with Gasteiger partial charge in [0, 0.05) is 16.6 Å². The maximum atomic E-state index is 14.0. The van der Waals surface area contributed by atoms with Crippen molar-refractivity contribution in [3.8, 4) is 11.4 Å². The van der Waals surface area contributed by atoms with E-state index in [1.807, 2.05) is 89.8 Å². The van der Waals surface area contributed by atoms with Crippen molar-refractivity contribution in [3.63, 3.8) is 0 Å². The third-order valence-electron chi connectivity index (χ3n) is 6.13. The van der Waals surface area contributed by atoms with Gasteiger partial charge in [-0.25, -0.2) is 0 Å². The molecule has 1 aliphatic heterocycles. The van der Waals surface area contributed by atoms with E-state index in [-0.39, 0.29) is 17.9 Å². The molecule has 1 saturated heterocycles. The van der Waals surface area contributed by atoms with Crippen molar-refractivity contribution in [3.05, 3.63) is 106 Å². The molecule has 1 amide bonds. The third kappa shape index (κ3) is 4.62. The summed E-state index contributed by atoms with van der Waals surface area (Å²) < 4.78 is 6.69. The van der Waals surface area contributed by atoms with Crippen LogP contribution in [0.3, 0.4) is 0 Å². The smallest absolute Gasteiger partial charge is 0.249 e. The number of hydrogen-bond donors (Lipinski definition) is 0. The highest BCUT2D eigenvalue weighted by atomic mass is 79.9. The Labute approximate surface area is 201 Å². The number of halogens is 1. The molecule has 3 aromatic carbocycles. The van der Waals surface area contributed by atoms with Crippen LogP contribution in [0.25, 0.3) is 11.4 Å². The fourth-order valence-electron chi connectivity index (χ4n) is 4.47. The van der Waals surface area contributed by atoms with Crippen LogP contribution < -0.4 is 0 Å². The Hall–Kier alpha value is -3.25. The molecule has 1 fully saturated rings. The monoisotopic (exact) mass is 501 g/mol. The maximum Gasteiger partial charge on any atom is 0.249 e. The lowest BCUT2D eigenvalue weighted by atomic mass is 9.88. The van der Waals surface area contributed by atoms with Crippen LogP contribution in [0.4, 0.5) is 0 Å². The van der Waals surface area contributed by atoms with Gasteiger partial charge in [0.15, 0.2) is 0 Å². The molecule has 2 heterocycles.